The van der Waals surface area contributed by atoms with Crippen LogP contribution in [0.15, 0.2) is 0 Å². The topological polar surface area (TPSA) is 29.5 Å². The number of hydrogen-bond acceptors (Lipinski definition) is 3. The average Bonchev–Trinajstić information content (AvgIpc) is 3.14. The Balaban J connectivity index is 1.43. The molecule has 0 aromatic carbocycles. The van der Waals surface area contributed by atoms with Gasteiger partial charge in [-0.25, -0.2) is 0 Å². The maximum atomic E-state index is 11.3. The van der Waals surface area contributed by atoms with Gasteiger partial charge in [0.2, 0.25) is 0 Å². The molecule has 4 fully saturated rings. The summed E-state index contributed by atoms with van der Waals surface area (Å²) in [5, 5.41) is 11.3. The second kappa shape index (κ2) is 5.42. The molecule has 2 unspecified atom stereocenters. The van der Waals surface area contributed by atoms with Crippen molar-refractivity contribution < 1.29 is 9.84 Å². The van der Waals surface area contributed by atoms with Crippen molar-refractivity contribution in [2.75, 3.05) is 18.1 Å². The van der Waals surface area contributed by atoms with Crippen molar-refractivity contribution in [3.63, 3.8) is 0 Å². The molecule has 4 rings (SSSR count). The lowest BCUT2D eigenvalue weighted by molar-refractivity contribution is -0.150. The highest BCUT2D eigenvalue weighted by atomic mass is 32.2. The van der Waals surface area contributed by atoms with Gasteiger partial charge in [0, 0.05) is 12.4 Å². The van der Waals surface area contributed by atoms with E-state index in [0.29, 0.717) is 11.3 Å². The van der Waals surface area contributed by atoms with Crippen LogP contribution in [0.2, 0.25) is 0 Å². The van der Waals surface area contributed by atoms with Gasteiger partial charge in [0.1, 0.15) is 0 Å². The standard InChI is InChI=1S/C18H30O2S/c19-18(8-6-16(7-9-18)4-1-2-5-16)15-3-11-20-17(13-15)10-12-21-14-17/h15,19H,1-14H2. The lowest BCUT2D eigenvalue weighted by Crippen LogP contribution is -2.51. The maximum absolute atomic E-state index is 11.3. The zero-order chi connectivity index (χ0) is 14.4. The van der Waals surface area contributed by atoms with Crippen LogP contribution in [0.1, 0.15) is 70.6 Å². The van der Waals surface area contributed by atoms with E-state index in [4.69, 9.17) is 4.74 Å². The molecule has 0 amide bonds. The molecule has 2 nitrogen and oxygen atoms in total. The summed E-state index contributed by atoms with van der Waals surface area (Å²) in [5.74, 6) is 2.89. The first-order valence-corrected chi connectivity index (χ1v) is 10.2. The molecule has 2 saturated heterocycles. The fourth-order valence-corrected chi connectivity index (χ4v) is 6.97. The Morgan fingerprint density at radius 2 is 1.71 bits per heavy atom. The van der Waals surface area contributed by atoms with Gasteiger partial charge in [0.05, 0.1) is 11.2 Å². The lowest BCUT2D eigenvalue weighted by Gasteiger charge is -2.50. The van der Waals surface area contributed by atoms with Crippen LogP contribution in [0.25, 0.3) is 0 Å². The Morgan fingerprint density at radius 1 is 0.952 bits per heavy atom. The Kier molecular flexibility index (Phi) is 3.83. The van der Waals surface area contributed by atoms with Crippen LogP contribution < -0.4 is 0 Å². The van der Waals surface area contributed by atoms with E-state index < -0.39 is 0 Å². The minimum absolute atomic E-state index is 0.117. The largest absolute Gasteiger partial charge is 0.390 e. The summed E-state index contributed by atoms with van der Waals surface area (Å²) >= 11 is 2.04. The predicted molar refractivity (Wildman–Crippen MR) is 87.7 cm³/mol. The zero-order valence-corrected chi connectivity index (χ0v) is 14.1. The number of thioether (sulfide) groups is 1. The SMILES string of the molecule is OC1(C2CCOC3(CCSC3)C2)CCC2(CCCC2)CC1. The molecule has 0 radical (unpaired) electrons. The van der Waals surface area contributed by atoms with E-state index in [1.807, 2.05) is 11.8 Å². The monoisotopic (exact) mass is 310 g/mol. The first-order valence-electron chi connectivity index (χ1n) is 9.08. The van der Waals surface area contributed by atoms with Gasteiger partial charge in [-0.15, -0.1) is 0 Å². The second-order valence-corrected chi connectivity index (χ2v) is 9.44. The summed E-state index contributed by atoms with van der Waals surface area (Å²) in [4.78, 5) is 0. The number of ether oxygens (including phenoxy) is 1. The van der Waals surface area contributed by atoms with E-state index in [0.717, 1.165) is 38.0 Å². The number of hydrogen-bond donors (Lipinski definition) is 1. The molecular formula is C18H30O2S. The zero-order valence-electron chi connectivity index (χ0n) is 13.2. The molecule has 3 heteroatoms. The lowest BCUT2D eigenvalue weighted by atomic mass is 9.62. The normalized spacial score (nSPS) is 41.9. The van der Waals surface area contributed by atoms with Crippen molar-refractivity contribution in [1.29, 1.82) is 0 Å². The second-order valence-electron chi connectivity index (χ2n) is 8.33. The van der Waals surface area contributed by atoms with E-state index in [-0.39, 0.29) is 11.2 Å². The van der Waals surface area contributed by atoms with Gasteiger partial charge < -0.3 is 9.84 Å². The minimum Gasteiger partial charge on any atom is -0.390 e. The third-order valence-electron chi connectivity index (χ3n) is 7.16. The van der Waals surface area contributed by atoms with Crippen molar-refractivity contribution >= 4 is 11.8 Å². The van der Waals surface area contributed by atoms with E-state index >= 15 is 0 Å². The van der Waals surface area contributed by atoms with E-state index in [2.05, 4.69) is 0 Å². The number of aliphatic hydroxyl groups is 1. The number of rotatable bonds is 1. The predicted octanol–water partition coefficient (Wildman–Crippen LogP) is 4.15. The molecule has 2 heterocycles. The Bertz CT molecular complexity index is 373. The molecule has 2 aliphatic carbocycles. The molecule has 1 N–H and O–H groups in total. The third kappa shape index (κ3) is 2.68. The molecule has 21 heavy (non-hydrogen) atoms. The molecular weight excluding hydrogens is 280 g/mol. The quantitative estimate of drug-likeness (QED) is 0.789. The van der Waals surface area contributed by atoms with Crippen LogP contribution in [0.5, 0.6) is 0 Å². The molecule has 0 aromatic rings. The average molecular weight is 311 g/mol. The van der Waals surface area contributed by atoms with Gasteiger partial charge in [0.25, 0.3) is 0 Å². The fourth-order valence-electron chi connectivity index (χ4n) is 5.60. The van der Waals surface area contributed by atoms with Crippen molar-refractivity contribution in [1.82, 2.24) is 0 Å². The van der Waals surface area contributed by atoms with Gasteiger partial charge >= 0.3 is 0 Å². The maximum Gasteiger partial charge on any atom is 0.0784 e. The van der Waals surface area contributed by atoms with E-state index in [1.54, 1.807) is 0 Å². The Morgan fingerprint density at radius 3 is 2.38 bits per heavy atom. The summed E-state index contributed by atoms with van der Waals surface area (Å²) in [6.07, 6.45) is 13.8. The van der Waals surface area contributed by atoms with Crippen molar-refractivity contribution in [3.8, 4) is 0 Å². The van der Waals surface area contributed by atoms with Crippen LogP contribution in [0.3, 0.4) is 0 Å². The van der Waals surface area contributed by atoms with Crippen molar-refractivity contribution in [2.45, 2.75) is 81.8 Å². The Labute approximate surface area is 133 Å². The van der Waals surface area contributed by atoms with Gasteiger partial charge in [0.15, 0.2) is 0 Å². The van der Waals surface area contributed by atoms with E-state index in [9.17, 15) is 5.11 Å². The molecule has 0 bridgehead atoms. The highest BCUT2D eigenvalue weighted by Crippen LogP contribution is 2.55. The van der Waals surface area contributed by atoms with Gasteiger partial charge in [-0.05, 0) is 74.9 Å². The first-order chi connectivity index (χ1) is 10.1. The van der Waals surface area contributed by atoms with Crippen molar-refractivity contribution in [3.05, 3.63) is 0 Å². The molecule has 0 aromatic heterocycles. The summed E-state index contributed by atoms with van der Waals surface area (Å²) in [7, 11) is 0. The van der Waals surface area contributed by atoms with Crippen LogP contribution in [-0.4, -0.2) is 34.4 Å². The van der Waals surface area contributed by atoms with Crippen LogP contribution in [0, 0.1) is 11.3 Å². The van der Waals surface area contributed by atoms with Gasteiger partial charge in [-0.2, -0.15) is 11.8 Å². The highest BCUT2D eigenvalue weighted by Gasteiger charge is 2.50. The van der Waals surface area contributed by atoms with Crippen LogP contribution in [-0.2, 0) is 4.74 Å². The van der Waals surface area contributed by atoms with Gasteiger partial charge in [-0.1, -0.05) is 12.8 Å². The minimum atomic E-state index is -0.377. The summed E-state index contributed by atoms with van der Waals surface area (Å²) in [5.41, 5.74) is 0.363. The summed E-state index contributed by atoms with van der Waals surface area (Å²) in [6.45, 7) is 0.874. The summed E-state index contributed by atoms with van der Waals surface area (Å²) < 4.78 is 6.15. The van der Waals surface area contributed by atoms with Crippen LogP contribution >= 0.6 is 11.8 Å². The van der Waals surface area contributed by atoms with E-state index in [1.165, 1.54) is 50.7 Å². The molecule has 2 spiro atoms. The molecule has 120 valence electrons. The molecule has 2 atom stereocenters. The molecule has 4 aliphatic rings. The van der Waals surface area contributed by atoms with Crippen molar-refractivity contribution in [2.24, 2.45) is 11.3 Å². The smallest absolute Gasteiger partial charge is 0.0784 e. The fraction of sp³-hybridized carbons (Fsp3) is 1.00. The molecule has 2 saturated carbocycles. The summed E-state index contributed by atoms with van der Waals surface area (Å²) in [6, 6.07) is 0. The first kappa shape index (κ1) is 14.8. The third-order valence-corrected chi connectivity index (χ3v) is 8.38. The highest BCUT2D eigenvalue weighted by molar-refractivity contribution is 7.99. The molecule has 2 aliphatic heterocycles. The van der Waals surface area contributed by atoms with Crippen LogP contribution in [0.4, 0.5) is 0 Å². The Hall–Kier alpha value is 0.270. The van der Waals surface area contributed by atoms with Gasteiger partial charge in [-0.3, -0.25) is 0 Å².